The molecule has 0 saturated heterocycles. The van der Waals surface area contributed by atoms with Crippen LogP contribution >= 0.6 is 0 Å². The van der Waals surface area contributed by atoms with Crippen molar-refractivity contribution < 1.29 is 5.11 Å². The summed E-state index contributed by atoms with van der Waals surface area (Å²) >= 11 is 0. The molecule has 1 atom stereocenters. The summed E-state index contributed by atoms with van der Waals surface area (Å²) < 4.78 is 0. The van der Waals surface area contributed by atoms with E-state index in [1.807, 2.05) is 32.2 Å². The van der Waals surface area contributed by atoms with Gasteiger partial charge in [-0.15, -0.1) is 0 Å². The zero-order valence-electron chi connectivity index (χ0n) is 11.5. The van der Waals surface area contributed by atoms with Gasteiger partial charge in [0.05, 0.1) is 6.10 Å². The second kappa shape index (κ2) is 4.75. The molecular weight excluding hydrogens is 224 g/mol. The molecule has 3 nitrogen and oxygen atoms in total. The highest BCUT2D eigenvalue weighted by atomic mass is 16.3. The van der Waals surface area contributed by atoms with Gasteiger partial charge in [-0.1, -0.05) is 32.0 Å². The highest BCUT2D eigenvalue weighted by molar-refractivity contribution is 5.85. The molecule has 3 heteroatoms. The Kier molecular flexibility index (Phi) is 3.46. The van der Waals surface area contributed by atoms with Gasteiger partial charge >= 0.3 is 0 Å². The third-order valence-corrected chi connectivity index (χ3v) is 3.59. The molecule has 0 aliphatic heterocycles. The van der Waals surface area contributed by atoms with Gasteiger partial charge in [0.1, 0.15) is 0 Å². The van der Waals surface area contributed by atoms with Gasteiger partial charge in [-0.05, 0) is 20.0 Å². The van der Waals surface area contributed by atoms with Gasteiger partial charge in [0.15, 0.2) is 0 Å². The predicted octanol–water partition coefficient (Wildman–Crippen LogP) is 2.76. The summed E-state index contributed by atoms with van der Waals surface area (Å²) in [5, 5.41) is 15.0. The average Bonchev–Trinajstić information content (AvgIpc) is 2.63. The van der Waals surface area contributed by atoms with E-state index in [1.54, 1.807) is 0 Å². The van der Waals surface area contributed by atoms with Gasteiger partial charge in [-0.2, -0.15) is 0 Å². The van der Waals surface area contributed by atoms with Crippen LogP contribution in [0.2, 0.25) is 0 Å². The second-order valence-corrected chi connectivity index (χ2v) is 5.63. The Morgan fingerprint density at radius 1 is 1.33 bits per heavy atom. The highest BCUT2D eigenvalue weighted by Crippen LogP contribution is 2.38. The Balaban J connectivity index is 2.50. The number of aliphatic hydroxyl groups excluding tert-OH is 1. The molecule has 2 rings (SSSR count). The fourth-order valence-corrected chi connectivity index (χ4v) is 2.59. The Morgan fingerprint density at radius 2 is 2.00 bits per heavy atom. The quantitative estimate of drug-likeness (QED) is 0.777. The lowest BCUT2D eigenvalue weighted by Crippen LogP contribution is -2.33. The number of aromatic nitrogens is 1. The molecule has 1 aromatic carbocycles. The topological polar surface area (TPSA) is 48.0 Å². The summed E-state index contributed by atoms with van der Waals surface area (Å²) in [4.78, 5) is 3.34. The van der Waals surface area contributed by atoms with Crippen molar-refractivity contribution in [3.63, 3.8) is 0 Å². The van der Waals surface area contributed by atoms with Crippen molar-refractivity contribution in [2.45, 2.75) is 26.9 Å². The second-order valence-electron chi connectivity index (χ2n) is 5.63. The minimum Gasteiger partial charge on any atom is -0.388 e. The fraction of sp³-hybridized carbons (Fsp3) is 0.467. The van der Waals surface area contributed by atoms with E-state index in [0.29, 0.717) is 0 Å². The van der Waals surface area contributed by atoms with Crippen LogP contribution in [-0.2, 0) is 0 Å². The van der Waals surface area contributed by atoms with Crippen molar-refractivity contribution in [3.05, 3.63) is 35.5 Å². The van der Waals surface area contributed by atoms with Crippen molar-refractivity contribution >= 4 is 10.9 Å². The summed E-state index contributed by atoms with van der Waals surface area (Å²) in [5.41, 5.74) is 2.95. The van der Waals surface area contributed by atoms with Crippen molar-refractivity contribution in [1.29, 1.82) is 0 Å². The molecule has 18 heavy (non-hydrogen) atoms. The number of para-hydroxylation sites is 1. The fourth-order valence-electron chi connectivity index (χ4n) is 2.59. The number of H-pyrrole nitrogens is 1. The van der Waals surface area contributed by atoms with Gasteiger partial charge in [0.25, 0.3) is 0 Å². The first-order valence-corrected chi connectivity index (χ1v) is 6.37. The van der Waals surface area contributed by atoms with Gasteiger partial charge in [-0.3, -0.25) is 0 Å². The number of aromatic amines is 1. The Bertz CT molecular complexity index is 542. The van der Waals surface area contributed by atoms with Crippen molar-refractivity contribution in [2.24, 2.45) is 5.41 Å². The van der Waals surface area contributed by atoms with Crippen molar-refractivity contribution in [1.82, 2.24) is 10.3 Å². The number of benzene rings is 1. The lowest BCUT2D eigenvalue weighted by molar-refractivity contribution is 0.0513. The SMILES string of the molecule is CNCC(C)(C)C(O)c1c(C)[nH]c2ccccc12. The van der Waals surface area contributed by atoms with E-state index in [4.69, 9.17) is 0 Å². The lowest BCUT2D eigenvalue weighted by atomic mass is 9.81. The minimum absolute atomic E-state index is 0.204. The van der Waals surface area contributed by atoms with Crippen LogP contribution in [0.15, 0.2) is 24.3 Å². The lowest BCUT2D eigenvalue weighted by Gasteiger charge is -2.30. The van der Waals surface area contributed by atoms with E-state index in [9.17, 15) is 5.11 Å². The first-order valence-electron chi connectivity index (χ1n) is 6.37. The normalized spacial score (nSPS) is 14.1. The molecule has 0 fully saturated rings. The smallest absolute Gasteiger partial charge is 0.0876 e. The number of hydrogen-bond donors (Lipinski definition) is 3. The molecule has 0 aliphatic carbocycles. The maximum Gasteiger partial charge on any atom is 0.0876 e. The Morgan fingerprint density at radius 3 is 2.67 bits per heavy atom. The molecule has 0 saturated carbocycles. The molecule has 3 N–H and O–H groups in total. The summed E-state index contributed by atoms with van der Waals surface area (Å²) in [6.07, 6.45) is -0.485. The molecule has 0 radical (unpaired) electrons. The minimum atomic E-state index is -0.485. The number of hydrogen-bond acceptors (Lipinski definition) is 2. The van der Waals surface area contributed by atoms with Gasteiger partial charge in [-0.25, -0.2) is 0 Å². The summed E-state index contributed by atoms with van der Waals surface area (Å²) in [5.74, 6) is 0. The largest absolute Gasteiger partial charge is 0.388 e. The third kappa shape index (κ3) is 2.16. The standard InChI is InChI=1S/C15H22N2O/c1-10-13(14(18)15(2,3)9-16-4)11-7-5-6-8-12(11)17-10/h5-8,14,16-18H,9H2,1-4H3. The molecule has 98 valence electrons. The number of fused-ring (bicyclic) bond motifs is 1. The summed E-state index contributed by atoms with van der Waals surface area (Å²) in [6.45, 7) is 6.95. The van der Waals surface area contributed by atoms with Crippen LogP contribution in [0, 0.1) is 12.3 Å². The van der Waals surface area contributed by atoms with Crippen molar-refractivity contribution in [3.8, 4) is 0 Å². The number of aliphatic hydroxyl groups is 1. The maximum absolute atomic E-state index is 10.7. The van der Waals surface area contributed by atoms with Crippen LogP contribution in [0.1, 0.15) is 31.2 Å². The molecule has 1 aromatic heterocycles. The summed E-state index contributed by atoms with van der Waals surface area (Å²) in [7, 11) is 1.91. The van der Waals surface area contributed by atoms with Gasteiger partial charge < -0.3 is 15.4 Å². The van der Waals surface area contributed by atoms with Crippen LogP contribution in [0.25, 0.3) is 10.9 Å². The van der Waals surface area contributed by atoms with Crippen LogP contribution in [0.3, 0.4) is 0 Å². The van der Waals surface area contributed by atoms with E-state index >= 15 is 0 Å². The monoisotopic (exact) mass is 246 g/mol. The van der Waals surface area contributed by atoms with Crippen LogP contribution in [0.5, 0.6) is 0 Å². The van der Waals surface area contributed by atoms with Gasteiger partial charge in [0, 0.05) is 34.1 Å². The number of aryl methyl sites for hydroxylation is 1. The van der Waals surface area contributed by atoms with E-state index in [1.165, 1.54) is 0 Å². The molecule has 0 bridgehead atoms. The first kappa shape index (κ1) is 13.1. The molecule has 0 amide bonds. The molecule has 0 spiro atoms. The first-order chi connectivity index (χ1) is 8.47. The molecule has 1 unspecified atom stereocenters. The van der Waals surface area contributed by atoms with E-state index in [0.717, 1.165) is 28.7 Å². The van der Waals surface area contributed by atoms with E-state index in [-0.39, 0.29) is 5.41 Å². The van der Waals surface area contributed by atoms with E-state index in [2.05, 4.69) is 30.2 Å². The van der Waals surface area contributed by atoms with Crippen LogP contribution in [-0.4, -0.2) is 23.7 Å². The maximum atomic E-state index is 10.7. The number of rotatable bonds is 4. The highest BCUT2D eigenvalue weighted by Gasteiger charge is 2.31. The average molecular weight is 246 g/mol. The molecular formula is C15H22N2O. The summed E-state index contributed by atoms with van der Waals surface area (Å²) in [6, 6.07) is 8.13. The van der Waals surface area contributed by atoms with Crippen molar-refractivity contribution in [2.75, 3.05) is 13.6 Å². The zero-order valence-corrected chi connectivity index (χ0v) is 11.5. The van der Waals surface area contributed by atoms with Crippen LogP contribution < -0.4 is 5.32 Å². The molecule has 0 aliphatic rings. The zero-order chi connectivity index (χ0) is 13.3. The Labute approximate surface area is 108 Å². The van der Waals surface area contributed by atoms with Gasteiger partial charge in [0.2, 0.25) is 0 Å². The molecule has 1 heterocycles. The molecule has 2 aromatic rings. The third-order valence-electron chi connectivity index (χ3n) is 3.59. The van der Waals surface area contributed by atoms with E-state index < -0.39 is 6.10 Å². The Hall–Kier alpha value is -1.32. The number of nitrogens with one attached hydrogen (secondary N) is 2. The van der Waals surface area contributed by atoms with Crippen LogP contribution in [0.4, 0.5) is 0 Å². The predicted molar refractivity (Wildman–Crippen MR) is 75.7 cm³/mol.